The average molecular weight is 235 g/mol. The van der Waals surface area contributed by atoms with E-state index in [0.717, 1.165) is 12.0 Å². The molecule has 0 aromatic carbocycles. The number of nitrogens with zero attached hydrogens (tertiary/aromatic N) is 2. The summed E-state index contributed by atoms with van der Waals surface area (Å²) in [5, 5.41) is 7.92. The molecule has 1 N–H and O–H groups in total. The number of hydrogen-bond donors (Lipinski definition) is 1. The van der Waals surface area contributed by atoms with E-state index in [-0.39, 0.29) is 0 Å². The molecule has 2 atom stereocenters. The molecular formula is C14H25N3. The average Bonchev–Trinajstić information content (AvgIpc) is 2.73. The van der Waals surface area contributed by atoms with Gasteiger partial charge < -0.3 is 5.32 Å². The van der Waals surface area contributed by atoms with Crippen molar-refractivity contribution in [1.82, 2.24) is 15.1 Å². The molecule has 1 aliphatic rings. The van der Waals surface area contributed by atoms with Gasteiger partial charge in [-0.2, -0.15) is 5.10 Å². The molecule has 1 aromatic rings. The number of aryl methyl sites for hydroxylation is 1. The quantitative estimate of drug-likeness (QED) is 0.850. The van der Waals surface area contributed by atoms with Gasteiger partial charge in [-0.1, -0.05) is 19.8 Å². The van der Waals surface area contributed by atoms with Gasteiger partial charge in [0.1, 0.15) is 0 Å². The lowest BCUT2D eigenvalue weighted by Crippen LogP contribution is -2.35. The van der Waals surface area contributed by atoms with Crippen molar-refractivity contribution >= 4 is 0 Å². The van der Waals surface area contributed by atoms with E-state index in [9.17, 15) is 0 Å². The lowest BCUT2D eigenvalue weighted by Gasteiger charge is -2.29. The zero-order valence-corrected chi connectivity index (χ0v) is 11.2. The fraction of sp³-hybridized carbons (Fsp3) is 0.786. The van der Waals surface area contributed by atoms with Crippen molar-refractivity contribution < 1.29 is 0 Å². The summed E-state index contributed by atoms with van der Waals surface area (Å²) in [7, 11) is 2.00. The first kappa shape index (κ1) is 12.6. The van der Waals surface area contributed by atoms with Gasteiger partial charge in [0.15, 0.2) is 0 Å². The highest BCUT2D eigenvalue weighted by Crippen LogP contribution is 2.27. The first-order chi connectivity index (χ1) is 8.28. The van der Waals surface area contributed by atoms with E-state index in [0.29, 0.717) is 0 Å². The Kier molecular flexibility index (Phi) is 4.60. The third-order valence-corrected chi connectivity index (χ3v) is 3.75. The van der Waals surface area contributed by atoms with E-state index in [1.54, 1.807) is 0 Å². The molecular weight excluding hydrogens is 210 g/mol. The summed E-state index contributed by atoms with van der Waals surface area (Å²) in [5.41, 5.74) is 1.40. The zero-order valence-electron chi connectivity index (χ0n) is 11.2. The molecule has 0 bridgehead atoms. The van der Waals surface area contributed by atoms with Gasteiger partial charge in [-0.15, -0.1) is 0 Å². The smallest absolute Gasteiger partial charge is 0.0521 e. The Morgan fingerprint density at radius 2 is 2.35 bits per heavy atom. The van der Waals surface area contributed by atoms with Gasteiger partial charge in [0, 0.05) is 19.3 Å². The van der Waals surface area contributed by atoms with E-state index in [1.807, 2.05) is 17.9 Å². The number of aromatic nitrogens is 2. The second-order valence-corrected chi connectivity index (χ2v) is 5.41. The van der Waals surface area contributed by atoms with Crippen LogP contribution in [0.4, 0.5) is 0 Å². The fourth-order valence-corrected chi connectivity index (χ4v) is 2.92. The maximum Gasteiger partial charge on any atom is 0.0521 e. The van der Waals surface area contributed by atoms with Crippen molar-refractivity contribution in [2.45, 2.75) is 51.5 Å². The van der Waals surface area contributed by atoms with E-state index in [2.05, 4.69) is 23.5 Å². The summed E-state index contributed by atoms with van der Waals surface area (Å²) in [4.78, 5) is 0. The largest absolute Gasteiger partial charge is 0.314 e. The highest BCUT2D eigenvalue weighted by Gasteiger charge is 2.21. The molecule has 3 nitrogen and oxygen atoms in total. The monoisotopic (exact) mass is 235 g/mol. The number of hydrogen-bond acceptors (Lipinski definition) is 2. The number of rotatable bonds is 5. The Morgan fingerprint density at radius 1 is 1.47 bits per heavy atom. The molecule has 17 heavy (non-hydrogen) atoms. The standard InChI is InChI=1S/C14H25N3/c1-3-7-15-14-6-4-5-12(9-14)8-13-10-16-17(2)11-13/h10-12,14-15H,3-9H2,1-2H3. The minimum Gasteiger partial charge on any atom is -0.314 e. The van der Waals surface area contributed by atoms with Crippen molar-refractivity contribution in [3.8, 4) is 0 Å². The molecule has 0 spiro atoms. The van der Waals surface area contributed by atoms with Crippen LogP contribution >= 0.6 is 0 Å². The summed E-state index contributed by atoms with van der Waals surface area (Å²) >= 11 is 0. The van der Waals surface area contributed by atoms with Crippen LogP contribution in [0.5, 0.6) is 0 Å². The van der Waals surface area contributed by atoms with Crippen LogP contribution < -0.4 is 5.32 Å². The minimum absolute atomic E-state index is 0.755. The van der Waals surface area contributed by atoms with E-state index in [4.69, 9.17) is 0 Å². The third-order valence-electron chi connectivity index (χ3n) is 3.75. The second kappa shape index (κ2) is 6.20. The lowest BCUT2D eigenvalue weighted by molar-refractivity contribution is 0.284. The van der Waals surface area contributed by atoms with Crippen LogP contribution in [0.1, 0.15) is 44.6 Å². The van der Waals surface area contributed by atoms with Crippen LogP contribution in [0.2, 0.25) is 0 Å². The minimum atomic E-state index is 0.755. The van der Waals surface area contributed by atoms with Gasteiger partial charge in [0.05, 0.1) is 6.20 Å². The van der Waals surface area contributed by atoms with Gasteiger partial charge >= 0.3 is 0 Å². The molecule has 0 saturated heterocycles. The zero-order chi connectivity index (χ0) is 12.1. The first-order valence-electron chi connectivity index (χ1n) is 6.99. The van der Waals surface area contributed by atoms with Gasteiger partial charge in [-0.3, -0.25) is 4.68 Å². The van der Waals surface area contributed by atoms with Crippen molar-refractivity contribution in [2.75, 3.05) is 6.54 Å². The summed E-state index contributed by atoms with van der Waals surface area (Å²) in [5.74, 6) is 0.849. The Labute approximate surface area is 105 Å². The first-order valence-corrected chi connectivity index (χ1v) is 6.99. The summed E-state index contributed by atoms with van der Waals surface area (Å²) in [6.45, 7) is 3.41. The predicted molar refractivity (Wildman–Crippen MR) is 71.0 cm³/mol. The Morgan fingerprint density at radius 3 is 3.06 bits per heavy atom. The molecule has 1 aliphatic carbocycles. The molecule has 0 amide bonds. The SMILES string of the molecule is CCCNC1CCCC(Cc2cnn(C)c2)C1. The summed E-state index contributed by atoms with van der Waals surface area (Å²) in [6, 6.07) is 0.755. The Bertz CT molecular complexity index is 332. The van der Waals surface area contributed by atoms with Crippen LogP contribution in [-0.2, 0) is 13.5 Å². The van der Waals surface area contributed by atoms with Crippen molar-refractivity contribution in [1.29, 1.82) is 0 Å². The summed E-state index contributed by atoms with van der Waals surface area (Å²) < 4.78 is 1.91. The van der Waals surface area contributed by atoms with Crippen molar-refractivity contribution in [3.05, 3.63) is 18.0 Å². The van der Waals surface area contributed by atoms with Gasteiger partial charge in [0.2, 0.25) is 0 Å². The van der Waals surface area contributed by atoms with E-state index >= 15 is 0 Å². The molecule has 1 heterocycles. The van der Waals surface area contributed by atoms with Crippen LogP contribution in [0, 0.1) is 5.92 Å². The van der Waals surface area contributed by atoms with Gasteiger partial charge in [-0.05, 0) is 43.7 Å². The topological polar surface area (TPSA) is 29.9 Å². The second-order valence-electron chi connectivity index (χ2n) is 5.41. The Hall–Kier alpha value is -0.830. The molecule has 1 saturated carbocycles. The van der Waals surface area contributed by atoms with Crippen LogP contribution in [-0.4, -0.2) is 22.4 Å². The van der Waals surface area contributed by atoms with E-state index < -0.39 is 0 Å². The van der Waals surface area contributed by atoms with Crippen molar-refractivity contribution in [2.24, 2.45) is 13.0 Å². The maximum absolute atomic E-state index is 4.25. The van der Waals surface area contributed by atoms with Crippen LogP contribution in [0.15, 0.2) is 12.4 Å². The molecule has 0 aliphatic heterocycles. The highest BCUT2D eigenvalue weighted by molar-refractivity contribution is 5.05. The van der Waals surface area contributed by atoms with Crippen LogP contribution in [0.25, 0.3) is 0 Å². The van der Waals surface area contributed by atoms with Crippen LogP contribution in [0.3, 0.4) is 0 Å². The predicted octanol–water partition coefficient (Wildman–Crippen LogP) is 2.52. The molecule has 0 radical (unpaired) electrons. The summed E-state index contributed by atoms with van der Waals surface area (Å²) in [6.07, 6.45) is 12.1. The number of nitrogens with one attached hydrogen (secondary N) is 1. The molecule has 2 unspecified atom stereocenters. The van der Waals surface area contributed by atoms with Gasteiger partial charge in [0.25, 0.3) is 0 Å². The van der Waals surface area contributed by atoms with E-state index in [1.165, 1.54) is 50.6 Å². The molecule has 2 rings (SSSR count). The highest BCUT2D eigenvalue weighted by atomic mass is 15.2. The van der Waals surface area contributed by atoms with Gasteiger partial charge in [-0.25, -0.2) is 0 Å². The molecule has 1 aromatic heterocycles. The molecule has 96 valence electrons. The fourth-order valence-electron chi connectivity index (χ4n) is 2.92. The normalized spacial score (nSPS) is 25.1. The van der Waals surface area contributed by atoms with Crippen molar-refractivity contribution in [3.63, 3.8) is 0 Å². The third kappa shape index (κ3) is 3.84. The lowest BCUT2D eigenvalue weighted by atomic mass is 9.82. The molecule has 1 fully saturated rings. The maximum atomic E-state index is 4.25. The molecule has 3 heteroatoms. The Balaban J connectivity index is 1.80.